The van der Waals surface area contributed by atoms with Gasteiger partial charge in [0.25, 0.3) is 5.91 Å². The van der Waals surface area contributed by atoms with Gasteiger partial charge in [-0.2, -0.15) is 0 Å². The van der Waals surface area contributed by atoms with Crippen molar-refractivity contribution >= 4 is 11.9 Å². The maximum absolute atomic E-state index is 11.6. The van der Waals surface area contributed by atoms with E-state index in [9.17, 15) is 9.59 Å². The summed E-state index contributed by atoms with van der Waals surface area (Å²) in [4.78, 5) is 26.0. The maximum atomic E-state index is 11.6. The van der Waals surface area contributed by atoms with Crippen LogP contribution in [0.1, 0.15) is 10.4 Å². The van der Waals surface area contributed by atoms with Crippen LogP contribution in [0.25, 0.3) is 0 Å². The number of hydrogen-bond donors (Lipinski definition) is 3. The van der Waals surface area contributed by atoms with E-state index in [0.717, 1.165) is 0 Å². The Morgan fingerprint density at radius 3 is 2.76 bits per heavy atom. The first-order valence-corrected chi connectivity index (χ1v) is 4.71. The number of aliphatic carboxylic acids is 1. The Morgan fingerprint density at radius 1 is 1.53 bits per heavy atom. The number of hydrogen-bond acceptors (Lipinski definition) is 5. The Hall–Kier alpha value is -2.15. The quantitative estimate of drug-likeness (QED) is 0.647. The molecule has 1 rings (SSSR count). The first-order chi connectivity index (χ1) is 8.04. The zero-order chi connectivity index (χ0) is 12.8. The average Bonchev–Trinajstić information content (AvgIpc) is 2.28. The summed E-state index contributed by atoms with van der Waals surface area (Å²) in [5.41, 5.74) is 0.0763. The molecule has 0 saturated carbocycles. The van der Waals surface area contributed by atoms with Gasteiger partial charge in [0, 0.05) is 13.3 Å². The minimum absolute atomic E-state index is 0.0763. The number of nitrogens with zero attached hydrogens (tertiary/aromatic N) is 1. The molecule has 92 valence electrons. The summed E-state index contributed by atoms with van der Waals surface area (Å²) in [6.45, 7) is -0.146. The number of aromatic nitrogens is 1. The second kappa shape index (κ2) is 5.80. The molecule has 0 spiro atoms. The van der Waals surface area contributed by atoms with Crippen molar-refractivity contribution in [2.45, 2.75) is 6.04 Å². The molecule has 0 saturated heterocycles. The number of carbonyl (C=O) groups is 2. The van der Waals surface area contributed by atoms with E-state index >= 15 is 0 Å². The number of amides is 1. The van der Waals surface area contributed by atoms with Gasteiger partial charge in [-0.3, -0.25) is 9.78 Å². The number of pyridine rings is 1. The topological polar surface area (TPSA) is 109 Å². The van der Waals surface area contributed by atoms with Gasteiger partial charge >= 0.3 is 5.97 Å². The minimum Gasteiger partial charge on any atom is -0.506 e. The van der Waals surface area contributed by atoms with Crippen molar-refractivity contribution in [3.8, 4) is 5.75 Å². The van der Waals surface area contributed by atoms with E-state index in [2.05, 4.69) is 15.0 Å². The van der Waals surface area contributed by atoms with E-state index in [1.54, 1.807) is 0 Å². The van der Waals surface area contributed by atoms with Crippen LogP contribution >= 0.6 is 0 Å². The molecule has 0 aliphatic heterocycles. The van der Waals surface area contributed by atoms with Crippen molar-refractivity contribution in [2.75, 3.05) is 13.7 Å². The summed E-state index contributed by atoms with van der Waals surface area (Å²) in [7, 11) is 1.33. The Labute approximate surface area is 97.1 Å². The van der Waals surface area contributed by atoms with E-state index in [1.165, 1.54) is 25.6 Å². The molecular weight excluding hydrogens is 228 g/mol. The Balaban J connectivity index is 2.73. The van der Waals surface area contributed by atoms with Crippen LogP contribution in [-0.4, -0.2) is 46.8 Å². The fraction of sp³-hybridized carbons (Fsp3) is 0.300. The molecule has 1 heterocycles. The monoisotopic (exact) mass is 240 g/mol. The van der Waals surface area contributed by atoms with Gasteiger partial charge in [0.15, 0.2) is 6.04 Å². The van der Waals surface area contributed by atoms with Crippen LogP contribution in [0.4, 0.5) is 0 Å². The average molecular weight is 240 g/mol. The van der Waals surface area contributed by atoms with E-state index < -0.39 is 17.9 Å². The largest absolute Gasteiger partial charge is 0.506 e. The van der Waals surface area contributed by atoms with Crippen molar-refractivity contribution in [3.63, 3.8) is 0 Å². The zero-order valence-electron chi connectivity index (χ0n) is 9.08. The van der Waals surface area contributed by atoms with E-state index in [-0.39, 0.29) is 17.9 Å². The molecule has 3 N–H and O–H groups in total. The highest BCUT2D eigenvalue weighted by atomic mass is 16.5. The van der Waals surface area contributed by atoms with Gasteiger partial charge in [0.05, 0.1) is 18.4 Å². The van der Waals surface area contributed by atoms with Gasteiger partial charge in [-0.05, 0) is 6.07 Å². The maximum Gasteiger partial charge on any atom is 0.328 e. The molecule has 7 nitrogen and oxygen atoms in total. The van der Waals surface area contributed by atoms with Crippen LogP contribution in [0.3, 0.4) is 0 Å². The lowest BCUT2D eigenvalue weighted by molar-refractivity contribution is -0.140. The Bertz CT molecular complexity index is 421. The summed E-state index contributed by atoms with van der Waals surface area (Å²) in [6.07, 6.45) is 2.39. The van der Waals surface area contributed by atoms with Crippen molar-refractivity contribution < 1.29 is 24.5 Å². The van der Waals surface area contributed by atoms with Gasteiger partial charge in [0.2, 0.25) is 0 Å². The third-order valence-corrected chi connectivity index (χ3v) is 1.92. The number of ether oxygens (including phenoxy) is 1. The third kappa shape index (κ3) is 3.72. The van der Waals surface area contributed by atoms with Crippen LogP contribution in [0.15, 0.2) is 18.5 Å². The summed E-state index contributed by atoms with van der Waals surface area (Å²) in [5.74, 6) is -2.01. The number of rotatable bonds is 5. The van der Waals surface area contributed by atoms with Gasteiger partial charge in [-0.15, -0.1) is 0 Å². The standard InChI is InChI=1S/C10H12N2O5/c1-17-5-8(10(15)16)12-9(14)6-2-7(13)4-11-3-6/h2-4,8,13H,5H2,1H3,(H,12,14)(H,15,16). The predicted octanol–water partition coefficient (Wildman–Crippen LogP) is -0.383. The first kappa shape index (κ1) is 12.9. The fourth-order valence-corrected chi connectivity index (χ4v) is 1.13. The second-order valence-corrected chi connectivity index (χ2v) is 3.25. The molecule has 7 heteroatoms. The molecule has 0 bridgehead atoms. The van der Waals surface area contributed by atoms with Gasteiger partial charge in [-0.25, -0.2) is 4.79 Å². The van der Waals surface area contributed by atoms with Crippen LogP contribution in [0.2, 0.25) is 0 Å². The lowest BCUT2D eigenvalue weighted by Gasteiger charge is -2.13. The van der Waals surface area contributed by atoms with Crippen LogP contribution < -0.4 is 5.32 Å². The lowest BCUT2D eigenvalue weighted by Crippen LogP contribution is -2.43. The highest BCUT2D eigenvalue weighted by Gasteiger charge is 2.20. The van der Waals surface area contributed by atoms with E-state index in [0.29, 0.717) is 0 Å². The minimum atomic E-state index is -1.20. The summed E-state index contributed by atoms with van der Waals surface area (Å²) in [6, 6.07) is 0.0449. The van der Waals surface area contributed by atoms with Crippen molar-refractivity contribution in [3.05, 3.63) is 24.0 Å². The molecule has 0 fully saturated rings. The molecule has 0 aliphatic carbocycles. The normalized spacial score (nSPS) is 11.8. The van der Waals surface area contributed by atoms with Gasteiger partial charge in [0.1, 0.15) is 5.75 Å². The van der Waals surface area contributed by atoms with Gasteiger partial charge in [-0.1, -0.05) is 0 Å². The molecule has 17 heavy (non-hydrogen) atoms. The Morgan fingerprint density at radius 2 is 2.24 bits per heavy atom. The third-order valence-electron chi connectivity index (χ3n) is 1.92. The highest BCUT2D eigenvalue weighted by molar-refractivity contribution is 5.96. The summed E-state index contributed by atoms with van der Waals surface area (Å²) >= 11 is 0. The molecule has 1 aromatic heterocycles. The molecule has 0 radical (unpaired) electrons. The zero-order valence-corrected chi connectivity index (χ0v) is 9.08. The highest BCUT2D eigenvalue weighted by Crippen LogP contribution is 2.08. The lowest BCUT2D eigenvalue weighted by atomic mass is 10.2. The fourth-order valence-electron chi connectivity index (χ4n) is 1.13. The SMILES string of the molecule is COCC(NC(=O)c1cncc(O)c1)C(=O)O. The van der Waals surface area contributed by atoms with Crippen molar-refractivity contribution in [2.24, 2.45) is 0 Å². The molecular formula is C10H12N2O5. The van der Waals surface area contributed by atoms with Crippen LogP contribution in [-0.2, 0) is 9.53 Å². The Kier molecular flexibility index (Phi) is 4.41. The number of carboxylic acids is 1. The smallest absolute Gasteiger partial charge is 0.328 e. The number of carbonyl (C=O) groups excluding carboxylic acids is 1. The van der Waals surface area contributed by atoms with Crippen LogP contribution in [0, 0.1) is 0 Å². The summed E-state index contributed by atoms with van der Waals surface area (Å²) in [5, 5.41) is 20.2. The van der Waals surface area contributed by atoms with E-state index in [4.69, 9.17) is 10.2 Å². The first-order valence-electron chi connectivity index (χ1n) is 4.71. The second-order valence-electron chi connectivity index (χ2n) is 3.25. The number of nitrogens with one attached hydrogen (secondary N) is 1. The van der Waals surface area contributed by atoms with Crippen molar-refractivity contribution in [1.29, 1.82) is 0 Å². The number of carboxylic acid groups (broad SMARTS) is 1. The molecule has 1 amide bonds. The van der Waals surface area contributed by atoms with E-state index in [1.807, 2.05) is 0 Å². The molecule has 1 atom stereocenters. The van der Waals surface area contributed by atoms with Crippen LogP contribution in [0.5, 0.6) is 5.75 Å². The molecule has 1 aromatic rings. The summed E-state index contributed by atoms with van der Waals surface area (Å²) < 4.78 is 4.67. The molecule has 1 unspecified atom stereocenters. The predicted molar refractivity (Wildman–Crippen MR) is 56.7 cm³/mol. The van der Waals surface area contributed by atoms with Crippen molar-refractivity contribution in [1.82, 2.24) is 10.3 Å². The molecule has 0 aromatic carbocycles. The molecule has 0 aliphatic rings. The number of methoxy groups -OCH3 is 1. The van der Waals surface area contributed by atoms with Gasteiger partial charge < -0.3 is 20.3 Å². The number of aromatic hydroxyl groups is 1.